The van der Waals surface area contributed by atoms with Crippen molar-refractivity contribution in [1.29, 1.82) is 0 Å². The molecule has 0 aliphatic carbocycles. The minimum absolute atomic E-state index is 0.0516. The standard InChI is InChI=1S/C24H20N4O5/c1-3-33-24(31)18-14-25-28(20-13-12-15-8-4-7-11-19(15)26-20)21(18)27-22(29)16-9-5-6-10-17(16)23(30)32-2/h4-14H,3H2,1-2H3,(H,27,29). The smallest absolute Gasteiger partial charge is 0.343 e. The lowest BCUT2D eigenvalue weighted by Crippen LogP contribution is -2.21. The summed E-state index contributed by atoms with van der Waals surface area (Å²) in [5.41, 5.74) is 0.940. The molecular weight excluding hydrogens is 424 g/mol. The molecule has 0 unspecified atom stereocenters. The quantitative estimate of drug-likeness (QED) is 0.452. The van der Waals surface area contributed by atoms with Gasteiger partial charge in [0.25, 0.3) is 5.91 Å². The van der Waals surface area contributed by atoms with Crippen molar-refractivity contribution in [1.82, 2.24) is 14.8 Å². The van der Waals surface area contributed by atoms with E-state index in [1.807, 2.05) is 30.3 Å². The second kappa shape index (κ2) is 9.31. The Labute approximate surface area is 189 Å². The minimum Gasteiger partial charge on any atom is -0.465 e. The van der Waals surface area contributed by atoms with Crippen LogP contribution in [0.25, 0.3) is 16.7 Å². The molecular formula is C24H20N4O5. The van der Waals surface area contributed by atoms with E-state index in [1.165, 1.54) is 30.1 Å². The number of hydrogen-bond acceptors (Lipinski definition) is 7. The van der Waals surface area contributed by atoms with Crippen LogP contribution in [0.3, 0.4) is 0 Å². The highest BCUT2D eigenvalue weighted by atomic mass is 16.5. The van der Waals surface area contributed by atoms with Crippen LogP contribution in [0.5, 0.6) is 0 Å². The molecule has 0 bridgehead atoms. The summed E-state index contributed by atoms with van der Waals surface area (Å²) >= 11 is 0. The number of pyridine rings is 1. The van der Waals surface area contributed by atoms with E-state index in [2.05, 4.69) is 15.4 Å². The molecule has 33 heavy (non-hydrogen) atoms. The summed E-state index contributed by atoms with van der Waals surface area (Å²) in [7, 11) is 1.23. The lowest BCUT2D eigenvalue weighted by molar-refractivity contribution is 0.0526. The van der Waals surface area contributed by atoms with Crippen LogP contribution >= 0.6 is 0 Å². The van der Waals surface area contributed by atoms with Gasteiger partial charge in [0.1, 0.15) is 5.56 Å². The molecule has 0 spiro atoms. The molecule has 1 amide bonds. The van der Waals surface area contributed by atoms with Gasteiger partial charge >= 0.3 is 11.9 Å². The van der Waals surface area contributed by atoms with Gasteiger partial charge in [-0.15, -0.1) is 0 Å². The first kappa shape index (κ1) is 21.7. The zero-order chi connectivity index (χ0) is 23.4. The van der Waals surface area contributed by atoms with Gasteiger partial charge in [-0.3, -0.25) is 4.79 Å². The number of nitrogens with zero attached hydrogens (tertiary/aromatic N) is 3. The molecule has 2 heterocycles. The summed E-state index contributed by atoms with van der Waals surface area (Å²) in [4.78, 5) is 42.4. The third kappa shape index (κ3) is 4.29. The van der Waals surface area contributed by atoms with E-state index in [4.69, 9.17) is 9.47 Å². The Hall–Kier alpha value is -4.53. The van der Waals surface area contributed by atoms with E-state index < -0.39 is 17.8 Å². The van der Waals surface area contributed by atoms with Crippen molar-refractivity contribution >= 4 is 34.6 Å². The Morgan fingerprint density at radius 1 is 0.909 bits per heavy atom. The average molecular weight is 444 g/mol. The van der Waals surface area contributed by atoms with Gasteiger partial charge in [0.05, 0.1) is 36.6 Å². The molecule has 1 N–H and O–H groups in total. The highest BCUT2D eigenvalue weighted by molar-refractivity contribution is 6.12. The van der Waals surface area contributed by atoms with E-state index in [0.29, 0.717) is 5.82 Å². The molecule has 9 nitrogen and oxygen atoms in total. The van der Waals surface area contributed by atoms with Gasteiger partial charge in [-0.25, -0.2) is 14.6 Å². The number of carbonyl (C=O) groups is 3. The number of amides is 1. The molecule has 0 saturated heterocycles. The van der Waals surface area contributed by atoms with E-state index in [0.717, 1.165) is 10.9 Å². The van der Waals surface area contributed by atoms with E-state index >= 15 is 0 Å². The number of carbonyl (C=O) groups excluding carboxylic acids is 3. The highest BCUT2D eigenvalue weighted by Crippen LogP contribution is 2.24. The molecule has 2 aromatic carbocycles. The highest BCUT2D eigenvalue weighted by Gasteiger charge is 2.24. The summed E-state index contributed by atoms with van der Waals surface area (Å²) in [6.45, 7) is 1.83. The number of methoxy groups -OCH3 is 1. The molecule has 0 fully saturated rings. The number of ether oxygens (including phenoxy) is 2. The molecule has 0 aliphatic heterocycles. The molecule has 4 aromatic rings. The van der Waals surface area contributed by atoms with Crippen LogP contribution in [0.4, 0.5) is 5.82 Å². The fourth-order valence-electron chi connectivity index (χ4n) is 3.32. The van der Waals surface area contributed by atoms with E-state index in [-0.39, 0.29) is 29.1 Å². The summed E-state index contributed by atoms with van der Waals surface area (Å²) < 4.78 is 11.2. The molecule has 4 rings (SSSR count). The molecule has 0 atom stereocenters. The molecule has 2 aromatic heterocycles. The fourth-order valence-corrected chi connectivity index (χ4v) is 3.32. The Bertz CT molecular complexity index is 1360. The molecule has 0 aliphatic rings. The van der Waals surface area contributed by atoms with Crippen molar-refractivity contribution in [2.45, 2.75) is 6.92 Å². The lowest BCUT2D eigenvalue weighted by atomic mass is 10.1. The third-order valence-electron chi connectivity index (χ3n) is 4.87. The van der Waals surface area contributed by atoms with Gasteiger partial charge < -0.3 is 14.8 Å². The largest absolute Gasteiger partial charge is 0.465 e. The van der Waals surface area contributed by atoms with Crippen molar-refractivity contribution in [3.8, 4) is 5.82 Å². The Kier molecular flexibility index (Phi) is 6.12. The fraction of sp³-hybridized carbons (Fsp3) is 0.125. The normalized spacial score (nSPS) is 10.6. The molecule has 0 saturated carbocycles. The summed E-state index contributed by atoms with van der Waals surface area (Å²) in [6.07, 6.45) is 1.30. The zero-order valence-electron chi connectivity index (χ0n) is 17.9. The number of nitrogens with one attached hydrogen (secondary N) is 1. The van der Waals surface area contributed by atoms with Gasteiger partial charge in [-0.1, -0.05) is 30.3 Å². The van der Waals surface area contributed by atoms with Crippen molar-refractivity contribution < 1.29 is 23.9 Å². The predicted molar refractivity (Wildman–Crippen MR) is 121 cm³/mol. The van der Waals surface area contributed by atoms with Crippen LogP contribution in [-0.2, 0) is 9.47 Å². The van der Waals surface area contributed by atoms with Crippen LogP contribution in [0.15, 0.2) is 66.9 Å². The summed E-state index contributed by atoms with van der Waals surface area (Å²) in [6, 6.07) is 17.3. The number of esters is 2. The van der Waals surface area contributed by atoms with Gasteiger partial charge in [-0.05, 0) is 37.3 Å². The summed E-state index contributed by atoms with van der Waals surface area (Å²) in [5.74, 6) is -1.47. The number of hydrogen-bond donors (Lipinski definition) is 1. The second-order valence-electron chi connectivity index (χ2n) is 6.89. The average Bonchev–Trinajstić information content (AvgIpc) is 3.26. The van der Waals surface area contributed by atoms with E-state index in [1.54, 1.807) is 25.1 Å². The van der Waals surface area contributed by atoms with Crippen LogP contribution in [0.2, 0.25) is 0 Å². The summed E-state index contributed by atoms with van der Waals surface area (Å²) in [5, 5.41) is 7.88. The van der Waals surface area contributed by atoms with Gasteiger partial charge in [0.2, 0.25) is 0 Å². The lowest BCUT2D eigenvalue weighted by Gasteiger charge is -2.12. The second-order valence-corrected chi connectivity index (χ2v) is 6.89. The maximum atomic E-state index is 13.1. The number of rotatable bonds is 6. The van der Waals surface area contributed by atoms with Crippen molar-refractivity contribution in [2.75, 3.05) is 19.0 Å². The molecule has 9 heteroatoms. The number of para-hydroxylation sites is 1. The first-order valence-corrected chi connectivity index (χ1v) is 10.1. The number of fused-ring (bicyclic) bond motifs is 1. The number of benzene rings is 2. The van der Waals surface area contributed by atoms with Crippen molar-refractivity contribution in [3.05, 3.63) is 83.6 Å². The van der Waals surface area contributed by atoms with E-state index in [9.17, 15) is 14.4 Å². The SMILES string of the molecule is CCOC(=O)c1cnn(-c2ccc3ccccc3n2)c1NC(=O)c1ccccc1C(=O)OC. The maximum Gasteiger partial charge on any atom is 0.343 e. The Balaban J connectivity index is 1.79. The van der Waals surface area contributed by atoms with Gasteiger partial charge in [0.15, 0.2) is 11.6 Å². The predicted octanol–water partition coefficient (Wildman–Crippen LogP) is 3.64. The Morgan fingerprint density at radius 2 is 1.64 bits per heavy atom. The molecule has 166 valence electrons. The number of aromatic nitrogens is 3. The van der Waals surface area contributed by atoms with Gasteiger partial charge in [-0.2, -0.15) is 9.78 Å². The van der Waals surface area contributed by atoms with Crippen LogP contribution in [-0.4, -0.2) is 46.3 Å². The minimum atomic E-state index is -0.656. The van der Waals surface area contributed by atoms with Gasteiger partial charge in [0, 0.05) is 5.39 Å². The van der Waals surface area contributed by atoms with Crippen LogP contribution in [0.1, 0.15) is 38.0 Å². The topological polar surface area (TPSA) is 112 Å². The monoisotopic (exact) mass is 444 g/mol. The van der Waals surface area contributed by atoms with Crippen molar-refractivity contribution in [2.24, 2.45) is 0 Å². The van der Waals surface area contributed by atoms with Crippen LogP contribution in [0, 0.1) is 0 Å². The van der Waals surface area contributed by atoms with Crippen LogP contribution < -0.4 is 5.32 Å². The van der Waals surface area contributed by atoms with Crippen molar-refractivity contribution in [3.63, 3.8) is 0 Å². The maximum absolute atomic E-state index is 13.1. The third-order valence-corrected chi connectivity index (χ3v) is 4.87. The first-order chi connectivity index (χ1) is 16.0. The zero-order valence-corrected chi connectivity index (χ0v) is 17.9. The number of anilines is 1. The Morgan fingerprint density at radius 3 is 2.39 bits per heavy atom. The molecule has 0 radical (unpaired) electrons. The first-order valence-electron chi connectivity index (χ1n) is 10.1.